The molecule has 0 amide bonds. The molecule has 6 nitrogen and oxygen atoms in total. The molecule has 2 atom stereocenters. The van der Waals surface area contributed by atoms with E-state index >= 15 is 0 Å². The van der Waals surface area contributed by atoms with Crippen LogP contribution >= 0.6 is 0 Å². The molecule has 0 saturated carbocycles. The molecule has 0 aromatic heterocycles. The molecule has 0 fully saturated rings. The van der Waals surface area contributed by atoms with Crippen molar-refractivity contribution in [3.8, 4) is 23.0 Å². The number of nitrogens with one attached hydrogen (secondary N) is 1. The Kier molecular flexibility index (Phi) is 7.44. The van der Waals surface area contributed by atoms with E-state index in [0.717, 1.165) is 45.2 Å². The second-order valence-electron chi connectivity index (χ2n) is 8.26. The Morgan fingerprint density at radius 1 is 0.853 bits per heavy atom. The van der Waals surface area contributed by atoms with Crippen LogP contribution in [-0.2, 0) is 23.6 Å². The summed E-state index contributed by atoms with van der Waals surface area (Å²) in [4.78, 5) is 1.47. The number of rotatable bonds is 8. The highest BCUT2D eigenvalue weighted by Gasteiger charge is 2.26. The van der Waals surface area contributed by atoms with Crippen molar-refractivity contribution in [1.29, 1.82) is 0 Å². The zero-order valence-electron chi connectivity index (χ0n) is 20.3. The van der Waals surface area contributed by atoms with Gasteiger partial charge in [-0.15, -0.1) is 0 Å². The third-order valence-electron chi connectivity index (χ3n) is 6.23. The first-order valence-electron chi connectivity index (χ1n) is 11.2. The fraction of sp³-hybridized carbons (Fsp3) is 0.333. The maximum absolute atomic E-state index is 13.7. The zero-order valence-corrected chi connectivity index (χ0v) is 21.1. The molecule has 1 heterocycles. The van der Waals surface area contributed by atoms with Gasteiger partial charge in [-0.05, 0) is 73.3 Å². The van der Waals surface area contributed by atoms with Gasteiger partial charge in [0.05, 0.1) is 44.1 Å². The van der Waals surface area contributed by atoms with Gasteiger partial charge in [0, 0.05) is 17.0 Å². The molecule has 7 heteroatoms. The second-order valence-corrected chi connectivity index (χ2v) is 9.71. The lowest BCUT2D eigenvalue weighted by Crippen LogP contribution is -2.31. The Labute approximate surface area is 203 Å². The molecule has 0 aliphatic carbocycles. The molecule has 1 N–H and O–H groups in total. The Balaban J connectivity index is 1.78. The summed E-state index contributed by atoms with van der Waals surface area (Å²) >= 11 is 0. The standard InChI is InChI=1S/C27H31NO5S/c1-17-6-8-20(9-7-17)34(29)27-16-26(33-5)24(31-3)14-19(27)12-22-21-15-25(32-4)23(30-2)13-18(21)10-11-28-22/h6-9,13-16,22,28H,10-12H2,1-5H3/t22-,34-/m0/s1. The molecule has 4 rings (SSSR count). The van der Waals surface area contributed by atoms with Gasteiger partial charge >= 0.3 is 0 Å². The summed E-state index contributed by atoms with van der Waals surface area (Å²) in [5, 5.41) is 3.62. The summed E-state index contributed by atoms with van der Waals surface area (Å²) in [5.74, 6) is 2.61. The molecule has 0 saturated heterocycles. The van der Waals surface area contributed by atoms with E-state index in [-0.39, 0.29) is 6.04 Å². The number of hydrogen-bond acceptors (Lipinski definition) is 6. The van der Waals surface area contributed by atoms with Crippen LogP contribution in [0.5, 0.6) is 23.0 Å². The van der Waals surface area contributed by atoms with E-state index in [0.29, 0.717) is 23.7 Å². The summed E-state index contributed by atoms with van der Waals surface area (Å²) in [5.41, 5.74) is 4.45. The summed E-state index contributed by atoms with van der Waals surface area (Å²) in [6.45, 7) is 2.86. The average Bonchev–Trinajstić information content (AvgIpc) is 2.87. The Bertz CT molecular complexity index is 1190. The third kappa shape index (κ3) is 4.76. The van der Waals surface area contributed by atoms with Crippen LogP contribution < -0.4 is 24.3 Å². The number of fused-ring (bicyclic) bond motifs is 1. The van der Waals surface area contributed by atoms with E-state index < -0.39 is 10.8 Å². The lowest BCUT2D eigenvalue weighted by atomic mass is 9.89. The summed E-state index contributed by atoms with van der Waals surface area (Å²) in [6.07, 6.45) is 1.54. The molecule has 0 unspecified atom stereocenters. The molecule has 180 valence electrons. The molecular formula is C27H31NO5S. The molecule has 1 aliphatic heterocycles. The number of hydrogen-bond donors (Lipinski definition) is 1. The van der Waals surface area contributed by atoms with Crippen LogP contribution in [0.4, 0.5) is 0 Å². The van der Waals surface area contributed by atoms with Crippen LogP contribution in [0.25, 0.3) is 0 Å². The van der Waals surface area contributed by atoms with Crippen LogP contribution in [-0.4, -0.2) is 39.2 Å². The Morgan fingerprint density at radius 2 is 1.44 bits per heavy atom. The van der Waals surface area contributed by atoms with Crippen molar-refractivity contribution in [2.24, 2.45) is 0 Å². The van der Waals surface area contributed by atoms with Gasteiger partial charge < -0.3 is 24.3 Å². The minimum Gasteiger partial charge on any atom is -0.493 e. The first-order chi connectivity index (χ1) is 16.5. The number of benzene rings is 3. The van der Waals surface area contributed by atoms with E-state index in [1.165, 1.54) is 5.56 Å². The highest BCUT2D eigenvalue weighted by molar-refractivity contribution is 7.85. The predicted octanol–water partition coefficient (Wildman–Crippen LogP) is 4.63. The van der Waals surface area contributed by atoms with Crippen molar-refractivity contribution < 1.29 is 23.2 Å². The maximum atomic E-state index is 13.7. The van der Waals surface area contributed by atoms with Crippen molar-refractivity contribution in [2.75, 3.05) is 35.0 Å². The van der Waals surface area contributed by atoms with Crippen LogP contribution in [0.1, 0.15) is 28.3 Å². The third-order valence-corrected chi connectivity index (χ3v) is 7.71. The summed E-state index contributed by atoms with van der Waals surface area (Å²) < 4.78 is 35.8. The molecule has 0 radical (unpaired) electrons. The van der Waals surface area contributed by atoms with Gasteiger partial charge in [0.15, 0.2) is 23.0 Å². The van der Waals surface area contributed by atoms with Crippen molar-refractivity contribution in [1.82, 2.24) is 5.32 Å². The molecular weight excluding hydrogens is 450 g/mol. The van der Waals surface area contributed by atoms with Crippen LogP contribution in [0.3, 0.4) is 0 Å². The minimum atomic E-state index is -1.37. The Hall–Kier alpha value is -3.03. The smallest absolute Gasteiger partial charge is 0.161 e. The van der Waals surface area contributed by atoms with Crippen LogP contribution in [0, 0.1) is 6.92 Å². The zero-order chi connectivity index (χ0) is 24.2. The van der Waals surface area contributed by atoms with Gasteiger partial charge in [-0.1, -0.05) is 17.7 Å². The lowest BCUT2D eigenvalue weighted by molar-refractivity contribution is 0.351. The van der Waals surface area contributed by atoms with Crippen LogP contribution in [0.15, 0.2) is 58.3 Å². The minimum absolute atomic E-state index is 0.0235. The SMILES string of the molecule is COc1cc2c(cc1OC)[C@H](Cc1cc(OC)c(OC)cc1[S@@](=O)c1ccc(C)cc1)NCC2. The second kappa shape index (κ2) is 10.5. The summed E-state index contributed by atoms with van der Waals surface area (Å²) in [7, 11) is 5.13. The number of ether oxygens (including phenoxy) is 4. The van der Waals surface area contributed by atoms with Gasteiger partial charge in [0.1, 0.15) is 0 Å². The maximum Gasteiger partial charge on any atom is 0.161 e. The first-order valence-corrected chi connectivity index (χ1v) is 12.4. The highest BCUT2D eigenvalue weighted by Crippen LogP contribution is 2.39. The van der Waals surface area contributed by atoms with E-state index in [4.69, 9.17) is 18.9 Å². The molecule has 3 aromatic carbocycles. The van der Waals surface area contributed by atoms with E-state index in [1.54, 1.807) is 28.4 Å². The van der Waals surface area contributed by atoms with Gasteiger partial charge in [0.25, 0.3) is 0 Å². The molecule has 1 aliphatic rings. The highest BCUT2D eigenvalue weighted by atomic mass is 32.2. The van der Waals surface area contributed by atoms with Gasteiger partial charge in [-0.2, -0.15) is 0 Å². The normalized spacial score (nSPS) is 15.9. The quantitative estimate of drug-likeness (QED) is 0.506. The van der Waals surface area contributed by atoms with Crippen molar-refractivity contribution in [3.05, 3.63) is 70.8 Å². The summed E-state index contributed by atoms with van der Waals surface area (Å²) in [6, 6.07) is 15.7. The van der Waals surface area contributed by atoms with E-state index in [2.05, 4.69) is 11.4 Å². The largest absolute Gasteiger partial charge is 0.493 e. The predicted molar refractivity (Wildman–Crippen MR) is 133 cm³/mol. The fourth-order valence-electron chi connectivity index (χ4n) is 4.39. The lowest BCUT2D eigenvalue weighted by Gasteiger charge is -2.29. The monoisotopic (exact) mass is 481 g/mol. The molecule has 0 spiro atoms. The van der Waals surface area contributed by atoms with Gasteiger partial charge in [0.2, 0.25) is 0 Å². The van der Waals surface area contributed by atoms with E-state index in [1.807, 2.05) is 49.4 Å². The topological polar surface area (TPSA) is 66.0 Å². The van der Waals surface area contributed by atoms with E-state index in [9.17, 15) is 4.21 Å². The Morgan fingerprint density at radius 3 is 2.09 bits per heavy atom. The van der Waals surface area contributed by atoms with Crippen molar-refractivity contribution in [3.63, 3.8) is 0 Å². The molecule has 3 aromatic rings. The molecule has 34 heavy (non-hydrogen) atoms. The fourth-order valence-corrected chi connectivity index (χ4v) is 5.63. The number of methoxy groups -OCH3 is 4. The van der Waals surface area contributed by atoms with Gasteiger partial charge in [-0.3, -0.25) is 0 Å². The van der Waals surface area contributed by atoms with Gasteiger partial charge in [-0.25, -0.2) is 4.21 Å². The van der Waals surface area contributed by atoms with Crippen LogP contribution in [0.2, 0.25) is 0 Å². The molecule has 0 bridgehead atoms. The van der Waals surface area contributed by atoms with Crippen molar-refractivity contribution >= 4 is 10.8 Å². The van der Waals surface area contributed by atoms with Crippen molar-refractivity contribution in [2.45, 2.75) is 35.6 Å². The average molecular weight is 482 g/mol. The first kappa shape index (κ1) is 24.1. The number of aryl methyl sites for hydroxylation is 1.